The highest BCUT2D eigenvalue weighted by molar-refractivity contribution is 9.10. The Hall–Kier alpha value is -2.90. The molecule has 4 rings (SSSR count). The second kappa shape index (κ2) is 7.50. The van der Waals surface area contributed by atoms with Crippen molar-refractivity contribution >= 4 is 42.6 Å². The molecule has 0 fully saturated rings. The minimum atomic E-state index is -3.99. The Labute approximate surface area is 176 Å². The number of nitrogens with zero attached hydrogens (tertiary/aromatic N) is 1. The third-order valence-corrected chi connectivity index (χ3v) is 6.32. The van der Waals surface area contributed by atoms with Crippen LogP contribution in [0.3, 0.4) is 0 Å². The molecule has 0 amide bonds. The first-order valence-electron chi connectivity index (χ1n) is 8.80. The van der Waals surface area contributed by atoms with E-state index in [1.165, 1.54) is 12.1 Å². The molecule has 0 saturated heterocycles. The van der Waals surface area contributed by atoms with Crippen LogP contribution < -0.4 is 11.3 Å². The number of halogens is 1. The molecule has 2 N–H and O–H groups in total. The van der Waals surface area contributed by atoms with E-state index in [1.807, 2.05) is 43.3 Å². The van der Waals surface area contributed by atoms with E-state index in [2.05, 4.69) is 20.3 Å². The van der Waals surface area contributed by atoms with Crippen molar-refractivity contribution in [2.45, 2.75) is 11.8 Å². The van der Waals surface area contributed by atoms with E-state index in [4.69, 9.17) is 10.2 Å². The van der Waals surface area contributed by atoms with Crippen molar-refractivity contribution in [3.8, 4) is 11.1 Å². The summed E-state index contributed by atoms with van der Waals surface area (Å²) in [6.07, 6.45) is 0. The van der Waals surface area contributed by atoms with Gasteiger partial charge >= 0.3 is 0 Å². The normalized spacial score (nSPS) is 12.4. The highest BCUT2D eigenvalue weighted by Crippen LogP contribution is 2.30. The van der Waals surface area contributed by atoms with E-state index in [9.17, 15) is 8.42 Å². The Morgan fingerprint density at radius 2 is 1.59 bits per heavy atom. The number of anilines is 1. The van der Waals surface area contributed by atoms with Gasteiger partial charge in [-0.1, -0.05) is 57.9 Å². The third-order valence-electron chi connectivity index (χ3n) is 4.52. The van der Waals surface area contributed by atoms with E-state index in [-0.39, 0.29) is 10.4 Å². The lowest BCUT2D eigenvalue weighted by atomic mass is 10.0. The highest BCUT2D eigenvalue weighted by Gasteiger charge is 2.18. The monoisotopic (exact) mass is 468 g/mol. The van der Waals surface area contributed by atoms with E-state index < -0.39 is 10.0 Å². The second-order valence-corrected chi connectivity index (χ2v) is 9.10. The van der Waals surface area contributed by atoms with Crippen molar-refractivity contribution < 1.29 is 12.8 Å². The lowest BCUT2D eigenvalue weighted by Gasteiger charge is -2.10. The first kappa shape index (κ1) is 19.4. The molecule has 146 valence electrons. The molecule has 29 heavy (non-hydrogen) atoms. The van der Waals surface area contributed by atoms with Crippen LogP contribution in [0, 0.1) is 6.92 Å². The maximum atomic E-state index is 12.9. The van der Waals surface area contributed by atoms with Crippen molar-refractivity contribution in [2.24, 2.45) is 4.40 Å². The molecule has 0 bridgehead atoms. The average Bonchev–Trinajstić information content (AvgIpc) is 2.69. The van der Waals surface area contributed by atoms with Crippen LogP contribution in [0.5, 0.6) is 0 Å². The van der Waals surface area contributed by atoms with Gasteiger partial charge in [-0.05, 0) is 48.9 Å². The number of benzene rings is 3. The largest absolute Gasteiger partial charge is 0.437 e. The summed E-state index contributed by atoms with van der Waals surface area (Å²) in [6.45, 7) is 1.89. The van der Waals surface area contributed by atoms with Crippen LogP contribution in [0.1, 0.15) is 5.56 Å². The summed E-state index contributed by atoms with van der Waals surface area (Å²) in [4.78, 5) is 0.0896. The van der Waals surface area contributed by atoms with Gasteiger partial charge in [0.25, 0.3) is 10.0 Å². The van der Waals surface area contributed by atoms with Gasteiger partial charge in [0.2, 0.25) is 5.55 Å². The maximum Gasteiger partial charge on any atom is 0.285 e. The van der Waals surface area contributed by atoms with E-state index in [0.29, 0.717) is 27.8 Å². The lowest BCUT2D eigenvalue weighted by Crippen LogP contribution is -2.13. The topological polar surface area (TPSA) is 85.7 Å². The number of hydrogen-bond acceptors (Lipinski definition) is 4. The summed E-state index contributed by atoms with van der Waals surface area (Å²) in [5, 5.41) is 0.692. The van der Waals surface area contributed by atoms with Gasteiger partial charge in [0, 0.05) is 9.86 Å². The van der Waals surface area contributed by atoms with Gasteiger partial charge in [-0.2, -0.15) is 8.42 Å². The fourth-order valence-corrected chi connectivity index (χ4v) is 4.21. The van der Waals surface area contributed by atoms with Crippen molar-refractivity contribution in [3.05, 3.63) is 88.4 Å². The molecule has 0 radical (unpaired) electrons. The van der Waals surface area contributed by atoms with Gasteiger partial charge < -0.3 is 10.2 Å². The fourth-order valence-electron chi connectivity index (χ4n) is 3.02. The molecular weight excluding hydrogens is 452 g/mol. The first-order chi connectivity index (χ1) is 13.8. The SMILES string of the molecule is Cc1ccc(S(=O)(=O)N=c2oc3ccccc3c(N)c2-c2ccc(Br)cc2)cc1. The molecule has 0 saturated carbocycles. The molecule has 0 spiro atoms. The van der Waals surface area contributed by atoms with Gasteiger partial charge in [0.1, 0.15) is 5.58 Å². The second-order valence-electron chi connectivity index (χ2n) is 6.58. The molecule has 4 aromatic rings. The Morgan fingerprint density at radius 3 is 2.28 bits per heavy atom. The molecule has 0 atom stereocenters. The molecule has 0 unspecified atom stereocenters. The van der Waals surface area contributed by atoms with Gasteiger partial charge in [0.15, 0.2) is 0 Å². The van der Waals surface area contributed by atoms with Crippen LogP contribution in [0.15, 0.2) is 91.0 Å². The standard InChI is InChI=1S/C22H17BrN2O3S/c1-14-6-12-17(13-7-14)29(26,27)25-22-20(15-8-10-16(23)11-9-15)21(24)18-4-2-3-5-19(18)28-22/h2-13H,24H2,1H3. The average molecular weight is 469 g/mol. The number of sulfonamides is 1. The summed E-state index contributed by atoms with van der Waals surface area (Å²) in [5.41, 5.74) is 9.36. The van der Waals surface area contributed by atoms with Crippen molar-refractivity contribution in [3.63, 3.8) is 0 Å². The fraction of sp³-hybridized carbons (Fsp3) is 0.0455. The molecule has 1 heterocycles. The van der Waals surface area contributed by atoms with Gasteiger partial charge in [-0.15, -0.1) is 4.40 Å². The highest BCUT2D eigenvalue weighted by atomic mass is 79.9. The smallest absolute Gasteiger partial charge is 0.285 e. The minimum Gasteiger partial charge on any atom is -0.437 e. The maximum absolute atomic E-state index is 12.9. The van der Waals surface area contributed by atoms with Crippen LogP contribution in [0.4, 0.5) is 5.69 Å². The number of rotatable bonds is 3. The van der Waals surface area contributed by atoms with Crippen molar-refractivity contribution in [2.75, 3.05) is 5.73 Å². The Kier molecular flexibility index (Phi) is 5.02. The Morgan fingerprint density at radius 1 is 0.931 bits per heavy atom. The molecule has 0 aliphatic heterocycles. The molecule has 3 aromatic carbocycles. The van der Waals surface area contributed by atoms with Crippen LogP contribution in [-0.4, -0.2) is 8.42 Å². The molecular formula is C22H17BrN2O3S. The summed E-state index contributed by atoms with van der Waals surface area (Å²) in [5.74, 6) is 0. The molecule has 0 aliphatic rings. The number of hydrogen-bond donors (Lipinski definition) is 1. The van der Waals surface area contributed by atoms with E-state index >= 15 is 0 Å². The van der Waals surface area contributed by atoms with E-state index in [1.54, 1.807) is 24.3 Å². The predicted octanol–water partition coefficient (Wildman–Crippen LogP) is 5.04. The number of aryl methyl sites for hydroxylation is 1. The van der Waals surface area contributed by atoms with Gasteiger partial charge in [-0.3, -0.25) is 0 Å². The minimum absolute atomic E-state index is 0.0518. The number of nitrogen functional groups attached to an aromatic ring is 1. The molecule has 5 nitrogen and oxygen atoms in total. The zero-order valence-corrected chi connectivity index (χ0v) is 17.9. The summed E-state index contributed by atoms with van der Waals surface area (Å²) >= 11 is 3.41. The van der Waals surface area contributed by atoms with Crippen LogP contribution >= 0.6 is 15.9 Å². The zero-order chi connectivity index (χ0) is 20.6. The van der Waals surface area contributed by atoms with E-state index in [0.717, 1.165) is 10.0 Å². The quantitative estimate of drug-likeness (QED) is 0.456. The lowest BCUT2D eigenvalue weighted by molar-refractivity contribution is 0.543. The Bertz CT molecular complexity index is 1370. The summed E-state index contributed by atoms with van der Waals surface area (Å²) in [6, 6.07) is 21.1. The number of nitrogens with two attached hydrogens (primary N) is 1. The molecule has 0 aliphatic carbocycles. The van der Waals surface area contributed by atoms with Crippen LogP contribution in [0.25, 0.3) is 22.1 Å². The first-order valence-corrected chi connectivity index (χ1v) is 11.0. The number of para-hydroxylation sites is 1. The Balaban J connectivity index is 2.05. The summed E-state index contributed by atoms with van der Waals surface area (Å²) < 4.78 is 36.7. The van der Waals surface area contributed by atoms with Crippen molar-refractivity contribution in [1.29, 1.82) is 0 Å². The van der Waals surface area contributed by atoms with Gasteiger partial charge in [-0.25, -0.2) is 0 Å². The summed E-state index contributed by atoms with van der Waals surface area (Å²) in [7, 11) is -3.99. The van der Waals surface area contributed by atoms with Crippen LogP contribution in [-0.2, 0) is 10.0 Å². The molecule has 1 aromatic heterocycles. The third kappa shape index (κ3) is 3.83. The van der Waals surface area contributed by atoms with Crippen molar-refractivity contribution in [1.82, 2.24) is 0 Å². The van der Waals surface area contributed by atoms with Gasteiger partial charge in [0.05, 0.1) is 16.1 Å². The zero-order valence-electron chi connectivity index (χ0n) is 15.5. The predicted molar refractivity (Wildman–Crippen MR) is 118 cm³/mol. The molecule has 7 heteroatoms. The number of fused-ring (bicyclic) bond motifs is 1. The van der Waals surface area contributed by atoms with Crippen LogP contribution in [0.2, 0.25) is 0 Å².